The number of benzene rings is 2. The molecule has 2 aromatic carbocycles. The number of hydrogen-bond donors (Lipinski definition) is 2. The van der Waals surface area contributed by atoms with Crippen molar-refractivity contribution >= 4 is 21.7 Å². The zero-order valence-corrected chi connectivity index (χ0v) is 14.3. The first-order valence-corrected chi connectivity index (χ1v) is 8.55. The summed E-state index contributed by atoms with van der Waals surface area (Å²) < 4.78 is 28.0. The summed E-state index contributed by atoms with van der Waals surface area (Å²) in [7, 11) is -3.80. The van der Waals surface area contributed by atoms with Crippen molar-refractivity contribution in [1.29, 1.82) is 0 Å². The molecule has 0 unspecified atom stereocenters. The van der Waals surface area contributed by atoms with Crippen molar-refractivity contribution in [2.24, 2.45) is 0 Å². The van der Waals surface area contributed by atoms with Crippen molar-refractivity contribution in [1.82, 2.24) is 0 Å². The molecule has 5 nitrogen and oxygen atoms in total. The number of anilines is 1. The highest BCUT2D eigenvalue weighted by molar-refractivity contribution is 7.92. The zero-order valence-electron chi connectivity index (χ0n) is 13.5. The maximum atomic E-state index is 12.7. The molecule has 6 heteroatoms. The second-order valence-electron chi connectivity index (χ2n) is 5.62. The summed E-state index contributed by atoms with van der Waals surface area (Å²) in [5, 5.41) is 9.15. The Balaban J connectivity index is 2.52. The Morgan fingerprint density at radius 1 is 1.04 bits per heavy atom. The van der Waals surface area contributed by atoms with E-state index in [1.807, 2.05) is 19.1 Å². The van der Waals surface area contributed by atoms with Crippen LogP contribution in [-0.4, -0.2) is 19.5 Å². The fourth-order valence-corrected chi connectivity index (χ4v) is 4.34. The lowest BCUT2D eigenvalue weighted by Gasteiger charge is -2.16. The first-order chi connectivity index (χ1) is 10.6. The number of aryl methyl sites for hydroxylation is 3. The average molecular weight is 333 g/mol. The molecule has 23 heavy (non-hydrogen) atoms. The van der Waals surface area contributed by atoms with E-state index in [0.717, 1.165) is 5.56 Å². The van der Waals surface area contributed by atoms with Gasteiger partial charge in [0.1, 0.15) is 0 Å². The first kappa shape index (κ1) is 17.0. The van der Waals surface area contributed by atoms with Crippen LogP contribution in [-0.2, 0) is 10.0 Å². The van der Waals surface area contributed by atoms with Gasteiger partial charge in [-0.25, -0.2) is 13.2 Å². The molecule has 0 aliphatic heterocycles. The van der Waals surface area contributed by atoms with Crippen LogP contribution in [0.4, 0.5) is 5.69 Å². The SMILES string of the molecule is Cc1cc(C)c(S(=O)(=O)Nc2cccc(C(=O)O)c2C)c(C)c1. The fourth-order valence-electron chi connectivity index (χ4n) is 2.76. The van der Waals surface area contributed by atoms with Gasteiger partial charge in [-0.1, -0.05) is 23.8 Å². The molecule has 0 radical (unpaired) electrons. The van der Waals surface area contributed by atoms with Gasteiger partial charge in [0.25, 0.3) is 10.0 Å². The molecule has 0 aliphatic carbocycles. The minimum absolute atomic E-state index is 0.0718. The van der Waals surface area contributed by atoms with Crippen LogP contribution in [0.15, 0.2) is 35.2 Å². The number of carboxylic acid groups (broad SMARTS) is 1. The number of carboxylic acids is 1. The van der Waals surface area contributed by atoms with E-state index < -0.39 is 16.0 Å². The van der Waals surface area contributed by atoms with Crippen LogP contribution in [0.1, 0.15) is 32.6 Å². The maximum absolute atomic E-state index is 12.7. The van der Waals surface area contributed by atoms with Gasteiger partial charge in [-0.05, 0) is 56.5 Å². The molecule has 0 atom stereocenters. The van der Waals surface area contributed by atoms with E-state index in [-0.39, 0.29) is 16.1 Å². The lowest BCUT2D eigenvalue weighted by atomic mass is 10.1. The van der Waals surface area contributed by atoms with Gasteiger partial charge in [0.2, 0.25) is 0 Å². The molecular weight excluding hydrogens is 314 g/mol. The highest BCUT2D eigenvalue weighted by Crippen LogP contribution is 2.26. The summed E-state index contributed by atoms with van der Waals surface area (Å²) in [6.45, 7) is 6.98. The van der Waals surface area contributed by atoms with Gasteiger partial charge in [0, 0.05) is 0 Å². The number of sulfonamides is 1. The standard InChI is InChI=1S/C17H19NO4S/c1-10-8-11(2)16(12(3)9-10)23(21,22)18-15-7-5-6-14(13(15)4)17(19)20/h5-9,18H,1-4H3,(H,19,20). The van der Waals surface area contributed by atoms with Gasteiger partial charge in [0.05, 0.1) is 16.1 Å². The highest BCUT2D eigenvalue weighted by Gasteiger charge is 2.21. The molecule has 2 aromatic rings. The van der Waals surface area contributed by atoms with Gasteiger partial charge in [-0.15, -0.1) is 0 Å². The van der Waals surface area contributed by atoms with Crippen LogP contribution in [0, 0.1) is 27.7 Å². The summed E-state index contributed by atoms with van der Waals surface area (Å²) in [6, 6.07) is 8.13. The molecular formula is C17H19NO4S. The van der Waals surface area contributed by atoms with Crippen LogP contribution in [0.3, 0.4) is 0 Å². The van der Waals surface area contributed by atoms with E-state index in [1.54, 1.807) is 26.8 Å². The van der Waals surface area contributed by atoms with E-state index in [4.69, 9.17) is 5.11 Å². The van der Waals surface area contributed by atoms with Crippen LogP contribution in [0.5, 0.6) is 0 Å². The number of aromatic carboxylic acids is 1. The summed E-state index contributed by atoms with van der Waals surface area (Å²) in [6.07, 6.45) is 0. The fraction of sp³-hybridized carbons (Fsp3) is 0.235. The molecule has 2 N–H and O–H groups in total. The average Bonchev–Trinajstić information content (AvgIpc) is 2.38. The quantitative estimate of drug-likeness (QED) is 0.898. The Morgan fingerprint density at radius 3 is 2.13 bits per heavy atom. The molecule has 0 amide bonds. The van der Waals surface area contributed by atoms with Gasteiger partial charge >= 0.3 is 5.97 Å². The van der Waals surface area contributed by atoms with Crippen molar-refractivity contribution in [2.75, 3.05) is 4.72 Å². The third-order valence-corrected chi connectivity index (χ3v) is 5.35. The Bertz CT molecular complexity index is 862. The number of rotatable bonds is 4. The van der Waals surface area contributed by atoms with Gasteiger partial charge in [-0.2, -0.15) is 0 Å². The van der Waals surface area contributed by atoms with E-state index in [0.29, 0.717) is 16.7 Å². The van der Waals surface area contributed by atoms with E-state index >= 15 is 0 Å². The van der Waals surface area contributed by atoms with E-state index in [9.17, 15) is 13.2 Å². The highest BCUT2D eigenvalue weighted by atomic mass is 32.2. The predicted octanol–water partition coefficient (Wildman–Crippen LogP) is 3.42. The lowest BCUT2D eigenvalue weighted by molar-refractivity contribution is 0.0696. The second kappa shape index (κ2) is 6.04. The van der Waals surface area contributed by atoms with Gasteiger partial charge in [0.15, 0.2) is 0 Å². The third kappa shape index (κ3) is 3.37. The molecule has 0 aromatic heterocycles. The summed E-state index contributed by atoms with van der Waals surface area (Å²) in [5.41, 5.74) is 3.02. The molecule has 0 aliphatic rings. The van der Waals surface area contributed by atoms with Crippen molar-refractivity contribution in [3.05, 3.63) is 58.1 Å². The van der Waals surface area contributed by atoms with E-state index in [1.165, 1.54) is 12.1 Å². The number of hydrogen-bond acceptors (Lipinski definition) is 3. The van der Waals surface area contributed by atoms with Crippen molar-refractivity contribution in [3.63, 3.8) is 0 Å². The van der Waals surface area contributed by atoms with Crippen molar-refractivity contribution in [3.8, 4) is 0 Å². The second-order valence-corrected chi connectivity index (χ2v) is 7.24. The van der Waals surface area contributed by atoms with Crippen molar-refractivity contribution < 1.29 is 18.3 Å². The van der Waals surface area contributed by atoms with Crippen LogP contribution in [0.2, 0.25) is 0 Å². The Kier molecular flexibility index (Phi) is 4.47. The van der Waals surface area contributed by atoms with Crippen LogP contribution in [0.25, 0.3) is 0 Å². The predicted molar refractivity (Wildman–Crippen MR) is 89.6 cm³/mol. The van der Waals surface area contributed by atoms with Gasteiger partial charge in [-0.3, -0.25) is 4.72 Å². The molecule has 0 saturated heterocycles. The summed E-state index contributed by atoms with van der Waals surface area (Å²) in [5.74, 6) is -1.09. The summed E-state index contributed by atoms with van der Waals surface area (Å²) in [4.78, 5) is 11.4. The Hall–Kier alpha value is -2.34. The smallest absolute Gasteiger partial charge is 0.336 e. The van der Waals surface area contributed by atoms with E-state index in [2.05, 4.69) is 4.72 Å². The summed E-state index contributed by atoms with van der Waals surface area (Å²) >= 11 is 0. The minimum atomic E-state index is -3.80. The normalized spacial score (nSPS) is 11.3. The lowest BCUT2D eigenvalue weighted by Crippen LogP contribution is -2.17. The van der Waals surface area contributed by atoms with Crippen LogP contribution < -0.4 is 4.72 Å². The minimum Gasteiger partial charge on any atom is -0.478 e. The third-order valence-electron chi connectivity index (χ3n) is 3.68. The monoisotopic (exact) mass is 333 g/mol. The Labute approximate surface area is 136 Å². The van der Waals surface area contributed by atoms with Crippen molar-refractivity contribution in [2.45, 2.75) is 32.6 Å². The molecule has 122 valence electrons. The largest absolute Gasteiger partial charge is 0.478 e. The topological polar surface area (TPSA) is 83.5 Å². The molecule has 0 bridgehead atoms. The first-order valence-electron chi connectivity index (χ1n) is 7.07. The molecule has 0 saturated carbocycles. The number of nitrogens with one attached hydrogen (secondary N) is 1. The van der Waals surface area contributed by atoms with Crippen LogP contribution >= 0.6 is 0 Å². The molecule has 0 fully saturated rings. The Morgan fingerprint density at radius 2 is 1.61 bits per heavy atom. The zero-order chi connectivity index (χ0) is 17.4. The van der Waals surface area contributed by atoms with Gasteiger partial charge < -0.3 is 5.11 Å². The molecule has 2 rings (SSSR count). The molecule has 0 spiro atoms. The maximum Gasteiger partial charge on any atom is 0.336 e. The number of carbonyl (C=O) groups is 1. The molecule has 0 heterocycles.